The van der Waals surface area contributed by atoms with Crippen molar-refractivity contribution in [2.45, 2.75) is 25.9 Å². The Kier molecular flexibility index (Phi) is 6.45. The van der Waals surface area contributed by atoms with Crippen LogP contribution in [0.15, 0.2) is 12.3 Å². The third-order valence-electron chi connectivity index (χ3n) is 4.90. The zero-order valence-electron chi connectivity index (χ0n) is 14.3. The molecule has 2 saturated heterocycles. The molecule has 0 radical (unpaired) electrons. The lowest BCUT2D eigenvalue weighted by Crippen LogP contribution is -2.39. The van der Waals surface area contributed by atoms with E-state index in [4.69, 9.17) is 9.47 Å². The van der Waals surface area contributed by atoms with Crippen LogP contribution in [0.2, 0.25) is 0 Å². The van der Waals surface area contributed by atoms with E-state index in [2.05, 4.69) is 25.6 Å². The van der Waals surface area contributed by atoms with Gasteiger partial charge in [-0.15, -0.1) is 0 Å². The van der Waals surface area contributed by atoms with Crippen molar-refractivity contribution in [3.8, 4) is 0 Å². The Morgan fingerprint density at radius 1 is 1.26 bits per heavy atom. The van der Waals surface area contributed by atoms with E-state index in [0.29, 0.717) is 0 Å². The zero-order chi connectivity index (χ0) is 15.9. The molecule has 0 N–H and O–H groups in total. The van der Waals surface area contributed by atoms with Crippen molar-refractivity contribution in [2.24, 2.45) is 5.92 Å². The fraction of sp³-hybridized carbons (Fsp3) is 0.824. The van der Waals surface area contributed by atoms with Gasteiger partial charge in [-0.1, -0.05) is 0 Å². The first-order valence-electron chi connectivity index (χ1n) is 8.87. The molecule has 2 fully saturated rings. The summed E-state index contributed by atoms with van der Waals surface area (Å²) in [5.74, 6) is 0.804. The van der Waals surface area contributed by atoms with Gasteiger partial charge in [0.05, 0.1) is 18.9 Å². The van der Waals surface area contributed by atoms with E-state index in [0.717, 1.165) is 58.3 Å². The van der Waals surface area contributed by atoms with Crippen LogP contribution in [0.25, 0.3) is 0 Å². The Balaban J connectivity index is 1.43. The number of morpholine rings is 1. The van der Waals surface area contributed by atoms with Crippen LogP contribution in [0.1, 0.15) is 18.5 Å². The molecule has 0 saturated carbocycles. The lowest BCUT2D eigenvalue weighted by molar-refractivity contribution is 0.0311. The maximum Gasteiger partial charge on any atom is 0.0594 e. The molecule has 6 heteroatoms. The summed E-state index contributed by atoms with van der Waals surface area (Å²) in [4.78, 5) is 5.14. The first-order chi connectivity index (χ1) is 11.3. The van der Waals surface area contributed by atoms with E-state index in [-0.39, 0.29) is 0 Å². The summed E-state index contributed by atoms with van der Waals surface area (Å²) >= 11 is 0. The lowest BCUT2D eigenvalue weighted by atomic mass is 10.1. The van der Waals surface area contributed by atoms with Gasteiger partial charge in [0, 0.05) is 59.2 Å². The summed E-state index contributed by atoms with van der Waals surface area (Å²) in [5.41, 5.74) is 1.33. The molecule has 130 valence electrons. The number of likely N-dealkylation sites (tertiary alicyclic amines) is 1. The minimum Gasteiger partial charge on any atom is -0.385 e. The number of hydrogen-bond donors (Lipinski definition) is 0. The quantitative estimate of drug-likeness (QED) is 0.670. The Morgan fingerprint density at radius 3 is 2.96 bits per heavy atom. The monoisotopic (exact) mass is 322 g/mol. The van der Waals surface area contributed by atoms with Crippen molar-refractivity contribution in [3.05, 3.63) is 18.0 Å². The van der Waals surface area contributed by atoms with Crippen LogP contribution in [0.5, 0.6) is 0 Å². The van der Waals surface area contributed by atoms with Crippen LogP contribution >= 0.6 is 0 Å². The highest BCUT2D eigenvalue weighted by Crippen LogP contribution is 2.20. The fourth-order valence-electron chi connectivity index (χ4n) is 3.64. The second-order valence-electron chi connectivity index (χ2n) is 6.69. The normalized spacial score (nSPS) is 23.6. The molecule has 1 aromatic rings. The Hall–Kier alpha value is -0.950. The number of methoxy groups -OCH3 is 1. The number of ether oxygens (including phenoxy) is 2. The molecule has 2 aliphatic heterocycles. The predicted octanol–water partition coefficient (Wildman–Crippen LogP) is 1.07. The molecule has 1 atom stereocenters. The van der Waals surface area contributed by atoms with Crippen LogP contribution in [0, 0.1) is 5.92 Å². The van der Waals surface area contributed by atoms with Crippen LogP contribution in [0.4, 0.5) is 0 Å². The highest BCUT2D eigenvalue weighted by Gasteiger charge is 2.25. The Labute approximate surface area is 139 Å². The molecule has 0 aliphatic carbocycles. The van der Waals surface area contributed by atoms with E-state index in [1.54, 1.807) is 7.11 Å². The molecule has 1 unspecified atom stereocenters. The van der Waals surface area contributed by atoms with E-state index in [1.807, 2.05) is 6.20 Å². The summed E-state index contributed by atoms with van der Waals surface area (Å²) in [6, 6.07) is 2.15. The van der Waals surface area contributed by atoms with Gasteiger partial charge in [-0.25, -0.2) is 0 Å². The summed E-state index contributed by atoms with van der Waals surface area (Å²) in [6.45, 7) is 10.4. The minimum absolute atomic E-state index is 0.796. The lowest BCUT2D eigenvalue weighted by Gasteiger charge is -2.29. The molecule has 2 aliphatic rings. The molecule has 6 nitrogen and oxygen atoms in total. The van der Waals surface area contributed by atoms with Gasteiger partial charge in [0.1, 0.15) is 0 Å². The van der Waals surface area contributed by atoms with Gasteiger partial charge >= 0.3 is 0 Å². The van der Waals surface area contributed by atoms with Gasteiger partial charge in [-0.3, -0.25) is 14.5 Å². The van der Waals surface area contributed by atoms with Gasteiger partial charge in [0.2, 0.25) is 0 Å². The van der Waals surface area contributed by atoms with E-state index in [1.165, 1.54) is 31.7 Å². The zero-order valence-corrected chi connectivity index (χ0v) is 14.3. The van der Waals surface area contributed by atoms with Gasteiger partial charge < -0.3 is 9.47 Å². The first kappa shape index (κ1) is 16.9. The van der Waals surface area contributed by atoms with Gasteiger partial charge in [0.15, 0.2) is 0 Å². The third kappa shape index (κ3) is 5.01. The number of rotatable bonds is 8. The summed E-state index contributed by atoms with van der Waals surface area (Å²) in [5, 5.41) is 4.46. The van der Waals surface area contributed by atoms with Crippen molar-refractivity contribution >= 4 is 0 Å². The van der Waals surface area contributed by atoms with E-state index < -0.39 is 0 Å². The molecule has 0 spiro atoms. The average Bonchev–Trinajstić information content (AvgIpc) is 3.19. The standard InChI is InChI=1S/C17H30N4O2/c1-22-10-2-6-21-17(3-5-18-21)15-20-7-4-16(14-20)13-19-8-11-23-12-9-19/h3,5,16H,2,4,6-15H2,1H3. The summed E-state index contributed by atoms with van der Waals surface area (Å²) < 4.78 is 12.7. The van der Waals surface area contributed by atoms with E-state index in [9.17, 15) is 0 Å². The predicted molar refractivity (Wildman–Crippen MR) is 89.4 cm³/mol. The van der Waals surface area contributed by atoms with Crippen molar-refractivity contribution in [2.75, 3.05) is 59.7 Å². The SMILES string of the molecule is COCCCn1nccc1CN1CCC(CN2CCOCC2)C1. The van der Waals surface area contributed by atoms with Crippen LogP contribution in [-0.2, 0) is 22.6 Å². The number of aryl methyl sites for hydroxylation is 1. The number of nitrogens with zero attached hydrogens (tertiary/aromatic N) is 4. The highest BCUT2D eigenvalue weighted by atomic mass is 16.5. The molecule has 3 rings (SSSR count). The van der Waals surface area contributed by atoms with Crippen LogP contribution in [0.3, 0.4) is 0 Å². The average molecular weight is 322 g/mol. The smallest absolute Gasteiger partial charge is 0.0594 e. The molecular weight excluding hydrogens is 292 g/mol. The van der Waals surface area contributed by atoms with Crippen molar-refractivity contribution in [3.63, 3.8) is 0 Å². The molecule has 1 aromatic heterocycles. The fourth-order valence-corrected chi connectivity index (χ4v) is 3.64. The van der Waals surface area contributed by atoms with Crippen LogP contribution < -0.4 is 0 Å². The van der Waals surface area contributed by atoms with Crippen molar-refractivity contribution in [1.29, 1.82) is 0 Å². The molecule has 23 heavy (non-hydrogen) atoms. The Bertz CT molecular complexity index is 459. The van der Waals surface area contributed by atoms with Crippen molar-refractivity contribution < 1.29 is 9.47 Å². The molecule has 0 aromatic carbocycles. The molecule has 0 bridgehead atoms. The highest BCUT2D eigenvalue weighted by molar-refractivity contribution is 5.01. The molecule has 3 heterocycles. The van der Waals surface area contributed by atoms with Gasteiger partial charge in [-0.05, 0) is 31.4 Å². The first-order valence-corrected chi connectivity index (χ1v) is 8.87. The van der Waals surface area contributed by atoms with E-state index >= 15 is 0 Å². The second kappa shape index (κ2) is 8.78. The molecule has 0 amide bonds. The Morgan fingerprint density at radius 2 is 2.13 bits per heavy atom. The van der Waals surface area contributed by atoms with Crippen LogP contribution in [-0.4, -0.2) is 79.2 Å². The topological polar surface area (TPSA) is 42.8 Å². The molecular formula is C17H30N4O2. The third-order valence-corrected chi connectivity index (χ3v) is 4.90. The van der Waals surface area contributed by atoms with Gasteiger partial charge in [-0.2, -0.15) is 5.10 Å². The van der Waals surface area contributed by atoms with Crippen molar-refractivity contribution in [1.82, 2.24) is 19.6 Å². The second-order valence-corrected chi connectivity index (χ2v) is 6.69. The maximum atomic E-state index is 5.44. The summed E-state index contributed by atoms with van der Waals surface area (Å²) in [6.07, 6.45) is 4.25. The van der Waals surface area contributed by atoms with Gasteiger partial charge in [0.25, 0.3) is 0 Å². The number of hydrogen-bond acceptors (Lipinski definition) is 5. The minimum atomic E-state index is 0.796. The maximum absolute atomic E-state index is 5.44. The summed E-state index contributed by atoms with van der Waals surface area (Å²) in [7, 11) is 1.75. The number of aromatic nitrogens is 2. The largest absolute Gasteiger partial charge is 0.385 e.